The third kappa shape index (κ3) is 2.42. The van der Waals surface area contributed by atoms with E-state index in [9.17, 15) is 14.7 Å². The maximum atomic E-state index is 11.9. The molecule has 1 unspecified atom stereocenters. The zero-order chi connectivity index (χ0) is 15.6. The summed E-state index contributed by atoms with van der Waals surface area (Å²) in [6.45, 7) is 0.405. The summed E-state index contributed by atoms with van der Waals surface area (Å²) in [7, 11) is 0. The van der Waals surface area contributed by atoms with Crippen LogP contribution < -0.4 is 5.32 Å². The van der Waals surface area contributed by atoms with Gasteiger partial charge in [0.25, 0.3) is 0 Å². The van der Waals surface area contributed by atoms with Crippen LogP contribution in [0.4, 0.5) is 0 Å². The smallest absolute Gasteiger partial charge is 0.328 e. The number of hydrogen-bond donors (Lipinski definition) is 2. The summed E-state index contributed by atoms with van der Waals surface area (Å²) in [6, 6.07) is 14.9. The molecule has 4 nitrogen and oxygen atoms in total. The van der Waals surface area contributed by atoms with E-state index < -0.39 is 11.5 Å². The molecule has 1 atom stereocenters. The molecule has 2 N–H and O–H groups in total. The van der Waals surface area contributed by atoms with Gasteiger partial charge in [0.1, 0.15) is 11.8 Å². The molecule has 0 amide bonds. The topological polar surface area (TPSA) is 66.4 Å². The Hall–Kier alpha value is -2.46. The van der Waals surface area contributed by atoms with Gasteiger partial charge >= 0.3 is 5.97 Å². The number of nitrogens with one attached hydrogen (secondary N) is 1. The summed E-state index contributed by atoms with van der Waals surface area (Å²) in [6.07, 6.45) is 2.08. The van der Waals surface area contributed by atoms with E-state index in [2.05, 4.69) is 5.32 Å². The molecule has 0 saturated heterocycles. The van der Waals surface area contributed by atoms with Crippen molar-refractivity contribution in [2.75, 3.05) is 0 Å². The van der Waals surface area contributed by atoms with Gasteiger partial charge in [-0.1, -0.05) is 42.5 Å². The predicted octanol–water partition coefficient (Wildman–Crippen LogP) is 2.52. The highest BCUT2D eigenvalue weighted by atomic mass is 16.4. The normalized spacial score (nSPS) is 19.6. The molecule has 0 saturated carbocycles. The fourth-order valence-electron chi connectivity index (χ4n) is 3.12. The van der Waals surface area contributed by atoms with E-state index in [0.717, 1.165) is 29.4 Å². The van der Waals surface area contributed by atoms with Crippen molar-refractivity contribution in [2.45, 2.75) is 24.9 Å². The molecule has 3 rings (SSSR count). The van der Waals surface area contributed by atoms with E-state index in [4.69, 9.17) is 0 Å². The monoisotopic (exact) mass is 295 g/mol. The fourth-order valence-corrected chi connectivity index (χ4v) is 3.12. The van der Waals surface area contributed by atoms with Crippen LogP contribution in [0.5, 0.6) is 0 Å². The first-order valence-electron chi connectivity index (χ1n) is 7.27. The largest absolute Gasteiger partial charge is 0.480 e. The lowest BCUT2D eigenvalue weighted by Gasteiger charge is -2.27. The number of carbonyl (C=O) groups excluding carboxylic acids is 1. The van der Waals surface area contributed by atoms with Crippen molar-refractivity contribution < 1.29 is 14.7 Å². The highest BCUT2D eigenvalue weighted by Gasteiger charge is 2.44. The molecule has 0 radical (unpaired) electrons. The summed E-state index contributed by atoms with van der Waals surface area (Å²) < 4.78 is 0. The van der Waals surface area contributed by atoms with Gasteiger partial charge in [0.2, 0.25) is 0 Å². The van der Waals surface area contributed by atoms with Crippen LogP contribution in [-0.4, -0.2) is 17.4 Å². The highest BCUT2D eigenvalue weighted by Crippen LogP contribution is 2.37. The van der Waals surface area contributed by atoms with Gasteiger partial charge in [-0.15, -0.1) is 0 Å². The SMILES string of the molecule is O=Cc1cccc(CNC2(C(=O)O)CCc3ccccc32)c1. The van der Waals surface area contributed by atoms with Crippen molar-refractivity contribution >= 4 is 12.3 Å². The summed E-state index contributed by atoms with van der Waals surface area (Å²) in [5, 5.41) is 13.0. The Balaban J connectivity index is 1.88. The first-order chi connectivity index (χ1) is 10.7. The van der Waals surface area contributed by atoms with Crippen molar-refractivity contribution in [3.05, 3.63) is 70.8 Å². The van der Waals surface area contributed by atoms with E-state index in [-0.39, 0.29) is 0 Å². The van der Waals surface area contributed by atoms with Gasteiger partial charge < -0.3 is 5.11 Å². The van der Waals surface area contributed by atoms with Crippen LogP contribution in [0, 0.1) is 0 Å². The molecule has 0 fully saturated rings. The van der Waals surface area contributed by atoms with Crippen LogP contribution in [0.3, 0.4) is 0 Å². The average molecular weight is 295 g/mol. The van der Waals surface area contributed by atoms with E-state index in [1.165, 1.54) is 0 Å². The number of benzene rings is 2. The number of carbonyl (C=O) groups is 2. The molecular formula is C18H17NO3. The molecule has 2 aromatic carbocycles. The number of fused-ring (bicyclic) bond motifs is 1. The zero-order valence-electron chi connectivity index (χ0n) is 12.1. The van der Waals surface area contributed by atoms with Crippen LogP contribution in [0.15, 0.2) is 48.5 Å². The van der Waals surface area contributed by atoms with Crippen LogP contribution in [0.25, 0.3) is 0 Å². The number of aldehydes is 1. The fraction of sp³-hybridized carbons (Fsp3) is 0.222. The van der Waals surface area contributed by atoms with Crippen molar-refractivity contribution in [3.8, 4) is 0 Å². The van der Waals surface area contributed by atoms with Gasteiger partial charge in [0.05, 0.1) is 0 Å². The van der Waals surface area contributed by atoms with E-state index >= 15 is 0 Å². The molecular weight excluding hydrogens is 278 g/mol. The van der Waals surface area contributed by atoms with Gasteiger partial charge in [-0.25, -0.2) is 4.79 Å². The van der Waals surface area contributed by atoms with Gasteiger partial charge in [0.15, 0.2) is 0 Å². The van der Waals surface area contributed by atoms with Crippen LogP contribution >= 0.6 is 0 Å². The van der Waals surface area contributed by atoms with Crippen molar-refractivity contribution in [1.82, 2.24) is 5.32 Å². The molecule has 4 heteroatoms. The van der Waals surface area contributed by atoms with Crippen LogP contribution in [-0.2, 0) is 23.3 Å². The molecule has 0 bridgehead atoms. The quantitative estimate of drug-likeness (QED) is 0.832. The first kappa shape index (κ1) is 14.5. The first-order valence-corrected chi connectivity index (χ1v) is 7.27. The average Bonchev–Trinajstić information content (AvgIpc) is 2.93. The lowest BCUT2D eigenvalue weighted by Crippen LogP contribution is -2.47. The maximum Gasteiger partial charge on any atom is 0.328 e. The molecule has 112 valence electrons. The van der Waals surface area contributed by atoms with E-state index in [0.29, 0.717) is 18.5 Å². The summed E-state index contributed by atoms with van der Waals surface area (Å²) in [5.74, 6) is -0.857. The molecule has 0 heterocycles. The predicted molar refractivity (Wildman–Crippen MR) is 82.7 cm³/mol. The Morgan fingerprint density at radius 1 is 1.23 bits per heavy atom. The Bertz CT molecular complexity index is 726. The Morgan fingerprint density at radius 2 is 2.05 bits per heavy atom. The van der Waals surface area contributed by atoms with Gasteiger partial charge in [0, 0.05) is 12.1 Å². The summed E-state index contributed by atoms with van der Waals surface area (Å²) in [5.41, 5.74) is 2.37. The number of rotatable bonds is 5. The van der Waals surface area contributed by atoms with E-state index in [1.807, 2.05) is 30.3 Å². The summed E-state index contributed by atoms with van der Waals surface area (Å²) >= 11 is 0. The number of hydrogen-bond acceptors (Lipinski definition) is 3. The Labute approximate surface area is 128 Å². The lowest BCUT2D eigenvalue weighted by atomic mass is 9.91. The molecule has 22 heavy (non-hydrogen) atoms. The molecule has 1 aliphatic rings. The second-order valence-corrected chi connectivity index (χ2v) is 5.58. The number of carboxylic acids is 1. The second-order valence-electron chi connectivity index (χ2n) is 5.58. The van der Waals surface area contributed by atoms with Crippen LogP contribution in [0.2, 0.25) is 0 Å². The van der Waals surface area contributed by atoms with Crippen molar-refractivity contribution in [1.29, 1.82) is 0 Å². The third-order valence-electron chi connectivity index (χ3n) is 4.29. The highest BCUT2D eigenvalue weighted by molar-refractivity contribution is 5.82. The van der Waals surface area contributed by atoms with Crippen LogP contribution in [0.1, 0.15) is 33.5 Å². The molecule has 0 aliphatic heterocycles. The third-order valence-corrected chi connectivity index (χ3v) is 4.29. The molecule has 2 aromatic rings. The van der Waals surface area contributed by atoms with Crippen molar-refractivity contribution in [3.63, 3.8) is 0 Å². The molecule has 0 spiro atoms. The Kier molecular flexibility index (Phi) is 3.77. The minimum atomic E-state index is -1.05. The zero-order valence-corrected chi connectivity index (χ0v) is 12.1. The minimum Gasteiger partial charge on any atom is -0.480 e. The van der Waals surface area contributed by atoms with E-state index in [1.54, 1.807) is 18.2 Å². The van der Waals surface area contributed by atoms with Gasteiger partial charge in [-0.2, -0.15) is 0 Å². The summed E-state index contributed by atoms with van der Waals surface area (Å²) in [4.78, 5) is 22.8. The molecule has 0 aromatic heterocycles. The minimum absolute atomic E-state index is 0.405. The van der Waals surface area contributed by atoms with Gasteiger partial charge in [-0.3, -0.25) is 10.1 Å². The standard InChI is InChI=1S/C18H17NO3/c20-12-14-5-3-4-13(10-14)11-19-18(17(21)22)9-8-15-6-1-2-7-16(15)18/h1-7,10,12,19H,8-9,11H2,(H,21,22). The molecule has 1 aliphatic carbocycles. The number of aliphatic carboxylic acids is 1. The second kappa shape index (κ2) is 5.73. The lowest BCUT2D eigenvalue weighted by molar-refractivity contribution is -0.145. The number of carboxylic acid groups (broad SMARTS) is 1. The maximum absolute atomic E-state index is 11.9. The number of aryl methyl sites for hydroxylation is 1. The Morgan fingerprint density at radius 3 is 2.82 bits per heavy atom. The van der Waals surface area contributed by atoms with Crippen molar-refractivity contribution in [2.24, 2.45) is 0 Å². The van der Waals surface area contributed by atoms with Gasteiger partial charge in [-0.05, 0) is 35.6 Å².